The number of ether oxygens (including phenoxy) is 1. The van der Waals surface area contributed by atoms with Crippen molar-refractivity contribution in [3.05, 3.63) is 82.5 Å². The number of amides is 2. The quantitative estimate of drug-likeness (QED) is 0.398. The minimum Gasteiger partial charge on any atom is -0.447 e. The van der Waals surface area contributed by atoms with Crippen LogP contribution in [0.15, 0.2) is 66.9 Å². The van der Waals surface area contributed by atoms with E-state index in [9.17, 15) is 19.7 Å². The predicted molar refractivity (Wildman–Crippen MR) is 126 cm³/mol. The zero-order valence-corrected chi connectivity index (χ0v) is 19.0. The van der Waals surface area contributed by atoms with Gasteiger partial charge in [-0.05, 0) is 36.6 Å². The minimum atomic E-state index is -0.446. The number of hydrogen-bond acceptors (Lipinski definition) is 6. The molecule has 10 nitrogen and oxygen atoms in total. The first-order valence-corrected chi connectivity index (χ1v) is 11.6. The third kappa shape index (κ3) is 4.72. The Labute approximate surface area is 201 Å². The summed E-state index contributed by atoms with van der Waals surface area (Å²) in [6, 6.07) is 17.7. The summed E-state index contributed by atoms with van der Waals surface area (Å²) in [7, 11) is 0. The van der Waals surface area contributed by atoms with Crippen LogP contribution >= 0.6 is 0 Å². The van der Waals surface area contributed by atoms with E-state index in [-0.39, 0.29) is 36.3 Å². The smallest absolute Gasteiger partial charge is 0.410 e. The van der Waals surface area contributed by atoms with Gasteiger partial charge in [0.1, 0.15) is 13.2 Å². The van der Waals surface area contributed by atoms with Crippen molar-refractivity contribution in [3.63, 3.8) is 0 Å². The van der Waals surface area contributed by atoms with Crippen molar-refractivity contribution in [1.29, 1.82) is 0 Å². The van der Waals surface area contributed by atoms with Crippen LogP contribution in [-0.4, -0.2) is 62.2 Å². The maximum atomic E-state index is 12.9. The highest BCUT2D eigenvalue weighted by molar-refractivity contribution is 5.76. The Bertz CT molecular complexity index is 1220. The lowest BCUT2D eigenvalue weighted by Crippen LogP contribution is -2.48. The Morgan fingerprint density at radius 2 is 1.77 bits per heavy atom. The maximum absolute atomic E-state index is 12.9. The molecule has 2 fully saturated rings. The third-order valence-corrected chi connectivity index (χ3v) is 6.62. The van der Waals surface area contributed by atoms with Gasteiger partial charge >= 0.3 is 6.09 Å². The van der Waals surface area contributed by atoms with Gasteiger partial charge in [0.25, 0.3) is 5.69 Å². The summed E-state index contributed by atoms with van der Waals surface area (Å²) in [5, 5.41) is 15.3. The van der Waals surface area contributed by atoms with Crippen molar-refractivity contribution in [1.82, 2.24) is 19.6 Å². The van der Waals surface area contributed by atoms with Crippen LogP contribution in [0.1, 0.15) is 24.4 Å². The number of likely N-dealkylation sites (tertiary alicyclic amines) is 1. The largest absolute Gasteiger partial charge is 0.447 e. The van der Waals surface area contributed by atoms with Crippen molar-refractivity contribution in [2.75, 3.05) is 19.7 Å². The van der Waals surface area contributed by atoms with Crippen LogP contribution < -0.4 is 0 Å². The fraction of sp³-hybridized carbons (Fsp3) is 0.320. The molecule has 0 bridgehead atoms. The van der Waals surface area contributed by atoms with E-state index in [1.807, 2.05) is 40.1 Å². The highest BCUT2D eigenvalue weighted by Crippen LogP contribution is 2.33. The van der Waals surface area contributed by atoms with Gasteiger partial charge in [0.2, 0.25) is 5.91 Å². The normalized spacial score (nSPS) is 18.5. The number of nitrogens with zero attached hydrogens (tertiary/aromatic N) is 5. The maximum Gasteiger partial charge on any atom is 0.410 e. The van der Waals surface area contributed by atoms with E-state index in [0.717, 1.165) is 11.1 Å². The Morgan fingerprint density at radius 3 is 2.46 bits per heavy atom. The van der Waals surface area contributed by atoms with Crippen molar-refractivity contribution in [3.8, 4) is 11.3 Å². The Morgan fingerprint density at radius 1 is 1.06 bits per heavy atom. The molecule has 0 spiro atoms. The summed E-state index contributed by atoms with van der Waals surface area (Å²) in [5.41, 5.74) is 2.46. The zero-order valence-electron chi connectivity index (χ0n) is 19.0. The molecule has 35 heavy (non-hydrogen) atoms. The molecule has 1 unspecified atom stereocenters. The number of benzene rings is 2. The van der Waals surface area contributed by atoms with E-state index in [4.69, 9.17) is 4.74 Å². The predicted octanol–water partition coefficient (Wildman–Crippen LogP) is 3.64. The molecule has 2 amide bonds. The van der Waals surface area contributed by atoms with Crippen LogP contribution in [0.2, 0.25) is 0 Å². The summed E-state index contributed by atoms with van der Waals surface area (Å²) in [4.78, 5) is 39.4. The topological polar surface area (TPSA) is 111 Å². The van der Waals surface area contributed by atoms with Gasteiger partial charge < -0.3 is 9.64 Å². The van der Waals surface area contributed by atoms with Crippen LogP contribution in [-0.2, 0) is 16.1 Å². The highest BCUT2D eigenvalue weighted by Gasteiger charge is 2.40. The summed E-state index contributed by atoms with van der Waals surface area (Å²) >= 11 is 0. The standard InChI is InChI=1S/C25H25N5O5/c31-24(16-28-15-12-22(26-28)18-6-8-21(9-7-18)30(33)34)27-13-10-20(11-14-27)29-23(17-35-25(29)32)19-4-2-1-3-5-19/h1-9,12,15,20,23H,10-11,13-14,16-17H2. The molecule has 5 rings (SSSR count). The summed E-state index contributed by atoms with van der Waals surface area (Å²) in [6.07, 6.45) is 2.82. The monoisotopic (exact) mass is 475 g/mol. The second-order valence-corrected chi connectivity index (χ2v) is 8.73. The fourth-order valence-electron chi connectivity index (χ4n) is 4.76. The van der Waals surface area contributed by atoms with Crippen LogP contribution in [0, 0.1) is 10.1 Å². The van der Waals surface area contributed by atoms with Gasteiger partial charge in [-0.25, -0.2) is 4.79 Å². The second-order valence-electron chi connectivity index (χ2n) is 8.73. The molecule has 0 N–H and O–H groups in total. The van der Waals surface area contributed by atoms with Crippen LogP contribution in [0.5, 0.6) is 0 Å². The van der Waals surface area contributed by atoms with E-state index < -0.39 is 4.92 Å². The van der Waals surface area contributed by atoms with Crippen molar-refractivity contribution >= 4 is 17.7 Å². The summed E-state index contributed by atoms with van der Waals surface area (Å²) in [6.45, 7) is 1.57. The van der Waals surface area contributed by atoms with Crippen molar-refractivity contribution in [2.45, 2.75) is 31.5 Å². The van der Waals surface area contributed by atoms with E-state index >= 15 is 0 Å². The van der Waals surface area contributed by atoms with E-state index in [0.29, 0.717) is 38.2 Å². The number of nitro benzene ring substituents is 1. The number of cyclic esters (lactones) is 1. The lowest BCUT2D eigenvalue weighted by Gasteiger charge is -2.38. The number of carbonyl (C=O) groups is 2. The molecule has 2 aromatic carbocycles. The van der Waals surface area contributed by atoms with Gasteiger partial charge in [0.15, 0.2) is 0 Å². The van der Waals surface area contributed by atoms with Crippen LogP contribution in [0.4, 0.5) is 10.5 Å². The molecule has 0 aliphatic carbocycles. The first kappa shape index (κ1) is 22.6. The number of aromatic nitrogens is 2. The molecule has 0 radical (unpaired) electrons. The van der Waals surface area contributed by atoms with Gasteiger partial charge in [0.05, 0.1) is 16.7 Å². The first-order valence-electron chi connectivity index (χ1n) is 11.6. The molecule has 180 valence electrons. The highest BCUT2D eigenvalue weighted by atomic mass is 16.6. The Balaban J connectivity index is 1.18. The molecule has 2 aliphatic heterocycles. The summed E-state index contributed by atoms with van der Waals surface area (Å²) in [5.74, 6) is -0.0367. The molecular weight excluding hydrogens is 450 g/mol. The van der Waals surface area contributed by atoms with Crippen molar-refractivity contribution < 1.29 is 19.2 Å². The Hall–Kier alpha value is -4.21. The number of rotatable bonds is 6. The fourth-order valence-corrected chi connectivity index (χ4v) is 4.76. The summed E-state index contributed by atoms with van der Waals surface area (Å²) < 4.78 is 6.94. The molecule has 1 aromatic heterocycles. The Kier molecular flexibility index (Phi) is 6.17. The van der Waals surface area contributed by atoms with Gasteiger partial charge in [-0.1, -0.05) is 30.3 Å². The SMILES string of the molecule is O=C(Cn1ccc(-c2ccc([N+](=O)[O-])cc2)n1)N1CCC(N2C(=O)OCC2c2ccccc2)CC1. The molecule has 10 heteroatoms. The number of piperidine rings is 1. The number of non-ortho nitro benzene ring substituents is 1. The number of nitro groups is 1. The third-order valence-electron chi connectivity index (χ3n) is 6.62. The lowest BCUT2D eigenvalue weighted by atomic mass is 9.99. The molecule has 2 aliphatic rings. The molecular formula is C25H25N5O5. The average molecular weight is 476 g/mol. The van der Waals surface area contributed by atoms with Gasteiger partial charge in [0, 0.05) is 43.0 Å². The molecule has 2 saturated heterocycles. The number of hydrogen-bond donors (Lipinski definition) is 0. The van der Waals surface area contributed by atoms with Crippen molar-refractivity contribution in [2.24, 2.45) is 0 Å². The van der Waals surface area contributed by atoms with Gasteiger partial charge in [-0.2, -0.15) is 5.10 Å². The lowest BCUT2D eigenvalue weighted by molar-refractivity contribution is -0.384. The first-order chi connectivity index (χ1) is 17.0. The molecule has 3 aromatic rings. The van der Waals surface area contributed by atoms with Crippen LogP contribution in [0.25, 0.3) is 11.3 Å². The molecule has 0 saturated carbocycles. The molecule has 3 heterocycles. The average Bonchev–Trinajstić information content (AvgIpc) is 3.51. The zero-order chi connectivity index (χ0) is 24.4. The van der Waals surface area contributed by atoms with Crippen LogP contribution in [0.3, 0.4) is 0 Å². The van der Waals surface area contributed by atoms with E-state index in [1.54, 1.807) is 29.1 Å². The second kappa shape index (κ2) is 9.57. The van der Waals surface area contributed by atoms with Gasteiger partial charge in [-0.3, -0.25) is 24.5 Å². The van der Waals surface area contributed by atoms with E-state index in [2.05, 4.69) is 5.10 Å². The molecule has 1 atom stereocenters. The van der Waals surface area contributed by atoms with E-state index in [1.165, 1.54) is 12.1 Å². The van der Waals surface area contributed by atoms with Gasteiger partial charge in [-0.15, -0.1) is 0 Å². The number of carbonyl (C=O) groups excluding carboxylic acids is 2. The minimum absolute atomic E-state index is 0.0176.